The molecule has 0 radical (unpaired) electrons. The zero-order valence-electron chi connectivity index (χ0n) is 5.79. The van der Waals surface area contributed by atoms with Gasteiger partial charge in [0, 0.05) is 18.9 Å². The molecule has 1 atom stereocenters. The minimum atomic E-state index is 0.468. The first kappa shape index (κ1) is 6.81. The van der Waals surface area contributed by atoms with Gasteiger partial charge >= 0.3 is 0 Å². The van der Waals surface area contributed by atoms with Crippen molar-refractivity contribution in [3.8, 4) is 0 Å². The van der Waals surface area contributed by atoms with E-state index in [2.05, 4.69) is 29.6 Å². The standard InChI is InChI=1S/C6H12N2S/c1-3-8-5-4-7-6(8)9-2/h4-7H,3H2,1-2H3. The zero-order valence-corrected chi connectivity index (χ0v) is 6.61. The van der Waals surface area contributed by atoms with E-state index in [4.69, 9.17) is 0 Å². The lowest BCUT2D eigenvalue weighted by Gasteiger charge is -2.21. The molecule has 2 nitrogen and oxygen atoms in total. The highest BCUT2D eigenvalue weighted by molar-refractivity contribution is 7.99. The van der Waals surface area contributed by atoms with Gasteiger partial charge in [0.05, 0.1) is 0 Å². The molecule has 52 valence electrons. The normalized spacial score (nSPS) is 24.7. The highest BCUT2D eigenvalue weighted by atomic mass is 32.2. The Morgan fingerprint density at radius 3 is 3.00 bits per heavy atom. The van der Waals surface area contributed by atoms with E-state index in [1.165, 1.54) is 0 Å². The van der Waals surface area contributed by atoms with Gasteiger partial charge < -0.3 is 10.2 Å². The minimum Gasteiger partial charge on any atom is -0.362 e. The van der Waals surface area contributed by atoms with E-state index in [1.54, 1.807) is 0 Å². The zero-order chi connectivity index (χ0) is 6.69. The predicted molar refractivity (Wildman–Crippen MR) is 42.0 cm³/mol. The third kappa shape index (κ3) is 1.33. The summed E-state index contributed by atoms with van der Waals surface area (Å²) in [4.78, 5) is 2.25. The molecule has 0 saturated carbocycles. The van der Waals surface area contributed by atoms with Crippen LogP contribution < -0.4 is 5.32 Å². The van der Waals surface area contributed by atoms with Crippen LogP contribution in [0.3, 0.4) is 0 Å². The molecule has 0 aromatic carbocycles. The van der Waals surface area contributed by atoms with Crippen molar-refractivity contribution in [2.45, 2.75) is 12.4 Å². The van der Waals surface area contributed by atoms with Crippen molar-refractivity contribution in [3.05, 3.63) is 12.4 Å². The van der Waals surface area contributed by atoms with Gasteiger partial charge in [-0.05, 0) is 13.2 Å². The second-order valence-corrected chi connectivity index (χ2v) is 2.82. The first-order valence-corrected chi connectivity index (χ1v) is 4.38. The first-order chi connectivity index (χ1) is 4.38. The summed E-state index contributed by atoms with van der Waals surface area (Å²) in [5.74, 6) is 0. The highest BCUT2D eigenvalue weighted by Crippen LogP contribution is 2.13. The van der Waals surface area contributed by atoms with E-state index >= 15 is 0 Å². The van der Waals surface area contributed by atoms with E-state index in [0.717, 1.165) is 6.54 Å². The van der Waals surface area contributed by atoms with Crippen LogP contribution in [0.15, 0.2) is 12.4 Å². The lowest BCUT2D eigenvalue weighted by atomic mass is 10.6. The van der Waals surface area contributed by atoms with E-state index in [0.29, 0.717) is 5.50 Å². The Bertz CT molecular complexity index is 114. The van der Waals surface area contributed by atoms with E-state index < -0.39 is 0 Å². The second kappa shape index (κ2) is 3.01. The van der Waals surface area contributed by atoms with Gasteiger partial charge in [0.1, 0.15) is 5.50 Å². The van der Waals surface area contributed by atoms with Gasteiger partial charge in [-0.3, -0.25) is 0 Å². The number of hydrogen-bond donors (Lipinski definition) is 1. The van der Waals surface area contributed by atoms with Gasteiger partial charge in [0.15, 0.2) is 0 Å². The molecule has 9 heavy (non-hydrogen) atoms. The molecule has 0 aromatic rings. The molecule has 0 aromatic heterocycles. The number of nitrogens with one attached hydrogen (secondary N) is 1. The van der Waals surface area contributed by atoms with E-state index in [1.807, 2.05) is 18.0 Å². The Labute approximate surface area is 60.3 Å². The topological polar surface area (TPSA) is 15.3 Å². The molecule has 1 rings (SSSR count). The first-order valence-electron chi connectivity index (χ1n) is 3.09. The fourth-order valence-corrected chi connectivity index (χ4v) is 1.57. The van der Waals surface area contributed by atoms with E-state index in [-0.39, 0.29) is 0 Å². The van der Waals surface area contributed by atoms with Crippen molar-refractivity contribution in [2.24, 2.45) is 0 Å². The predicted octanol–water partition coefficient (Wildman–Crippen LogP) is 1.03. The van der Waals surface area contributed by atoms with Gasteiger partial charge in [-0.1, -0.05) is 0 Å². The Kier molecular flexibility index (Phi) is 2.28. The van der Waals surface area contributed by atoms with Crippen LogP contribution in [-0.2, 0) is 0 Å². The Hall–Kier alpha value is -0.310. The third-order valence-corrected chi connectivity index (χ3v) is 2.25. The molecule has 1 heterocycles. The van der Waals surface area contributed by atoms with Crippen LogP contribution in [-0.4, -0.2) is 23.2 Å². The number of hydrogen-bond acceptors (Lipinski definition) is 3. The summed E-state index contributed by atoms with van der Waals surface area (Å²) in [7, 11) is 0. The molecule has 0 saturated heterocycles. The molecule has 1 unspecified atom stereocenters. The maximum absolute atomic E-state index is 3.22. The molecule has 3 heteroatoms. The SMILES string of the molecule is CCN1C=CNC1SC. The fraction of sp³-hybridized carbons (Fsp3) is 0.667. The van der Waals surface area contributed by atoms with Gasteiger partial charge in [-0.25, -0.2) is 0 Å². The molecule has 0 spiro atoms. The van der Waals surface area contributed by atoms with Crippen molar-refractivity contribution in [2.75, 3.05) is 12.8 Å². The summed E-state index contributed by atoms with van der Waals surface area (Å²) in [6.45, 7) is 3.23. The third-order valence-electron chi connectivity index (χ3n) is 1.39. The number of thioether (sulfide) groups is 1. The van der Waals surface area contributed by atoms with Crippen molar-refractivity contribution < 1.29 is 0 Å². The van der Waals surface area contributed by atoms with E-state index in [9.17, 15) is 0 Å². The molecule has 0 bridgehead atoms. The smallest absolute Gasteiger partial charge is 0.147 e. The highest BCUT2D eigenvalue weighted by Gasteiger charge is 2.13. The van der Waals surface area contributed by atoms with Crippen LogP contribution in [0.5, 0.6) is 0 Å². The van der Waals surface area contributed by atoms with Crippen LogP contribution in [0.2, 0.25) is 0 Å². The Balaban J connectivity index is 2.39. The Morgan fingerprint density at radius 2 is 2.56 bits per heavy atom. The molecule has 1 aliphatic heterocycles. The van der Waals surface area contributed by atoms with Crippen LogP contribution >= 0.6 is 11.8 Å². The van der Waals surface area contributed by atoms with Crippen LogP contribution in [0.4, 0.5) is 0 Å². The molecular weight excluding hydrogens is 132 g/mol. The molecular formula is C6H12N2S. The fourth-order valence-electron chi connectivity index (χ4n) is 0.870. The van der Waals surface area contributed by atoms with Gasteiger partial charge in [-0.2, -0.15) is 0 Å². The summed E-state index contributed by atoms with van der Waals surface area (Å²) in [5, 5.41) is 3.22. The lowest BCUT2D eigenvalue weighted by molar-refractivity contribution is 0.381. The van der Waals surface area contributed by atoms with Gasteiger partial charge in [0.2, 0.25) is 0 Å². The summed E-state index contributed by atoms with van der Waals surface area (Å²) in [5.41, 5.74) is 0.468. The summed E-state index contributed by atoms with van der Waals surface area (Å²) >= 11 is 1.82. The van der Waals surface area contributed by atoms with Gasteiger partial charge in [0.25, 0.3) is 0 Å². The summed E-state index contributed by atoms with van der Waals surface area (Å²) < 4.78 is 0. The lowest BCUT2D eigenvalue weighted by Crippen LogP contribution is -2.31. The molecule has 0 amide bonds. The minimum absolute atomic E-state index is 0.468. The molecule has 1 N–H and O–H groups in total. The number of nitrogens with zero attached hydrogens (tertiary/aromatic N) is 1. The van der Waals surface area contributed by atoms with Gasteiger partial charge in [-0.15, -0.1) is 11.8 Å². The maximum atomic E-state index is 3.22. The Morgan fingerprint density at radius 1 is 1.78 bits per heavy atom. The number of rotatable bonds is 2. The molecule has 1 aliphatic rings. The quantitative estimate of drug-likeness (QED) is 0.623. The molecule has 0 aliphatic carbocycles. The van der Waals surface area contributed by atoms with Crippen LogP contribution in [0.1, 0.15) is 6.92 Å². The van der Waals surface area contributed by atoms with Crippen molar-refractivity contribution in [1.82, 2.24) is 10.2 Å². The maximum Gasteiger partial charge on any atom is 0.147 e. The second-order valence-electron chi connectivity index (χ2n) is 1.90. The monoisotopic (exact) mass is 144 g/mol. The van der Waals surface area contributed by atoms with Crippen LogP contribution in [0.25, 0.3) is 0 Å². The van der Waals surface area contributed by atoms with Crippen LogP contribution in [0, 0.1) is 0 Å². The summed E-state index contributed by atoms with van der Waals surface area (Å²) in [6.07, 6.45) is 6.18. The van der Waals surface area contributed by atoms with Crippen molar-refractivity contribution >= 4 is 11.8 Å². The average molecular weight is 144 g/mol. The van der Waals surface area contributed by atoms with Crippen molar-refractivity contribution in [1.29, 1.82) is 0 Å². The van der Waals surface area contributed by atoms with Crippen molar-refractivity contribution in [3.63, 3.8) is 0 Å². The molecule has 0 fully saturated rings. The largest absolute Gasteiger partial charge is 0.362 e. The average Bonchev–Trinajstić information content (AvgIpc) is 2.33. The summed E-state index contributed by atoms with van der Waals surface area (Å²) in [6, 6.07) is 0.